The minimum Gasteiger partial charge on any atom is -0.462 e. The molecule has 0 fully saturated rings. The Kier molecular flexibility index (Phi) is 5.67. The van der Waals surface area contributed by atoms with Gasteiger partial charge in [-0.05, 0) is 13.0 Å². The topological polar surface area (TPSA) is 46.6 Å². The Morgan fingerprint density at radius 1 is 1.14 bits per heavy atom. The molecule has 0 radical (unpaired) electrons. The highest BCUT2D eigenvalue weighted by atomic mass is 19.2. The Morgan fingerprint density at radius 3 is 2.23 bits per heavy atom. The first-order valence-electron chi connectivity index (χ1n) is 6.13. The van der Waals surface area contributed by atoms with Crippen molar-refractivity contribution in [3.8, 4) is 0 Å². The molecule has 0 saturated carbocycles. The van der Waals surface area contributed by atoms with E-state index in [2.05, 4.69) is 4.74 Å². The molecule has 0 amide bonds. The number of ketones is 1. The van der Waals surface area contributed by atoms with E-state index in [-0.39, 0.29) is 12.7 Å². The molecular formula is C14H13F4NO3. The Morgan fingerprint density at radius 2 is 1.73 bits per heavy atom. The lowest BCUT2D eigenvalue weighted by atomic mass is 10.0. The van der Waals surface area contributed by atoms with Gasteiger partial charge in [-0.3, -0.25) is 4.79 Å². The van der Waals surface area contributed by atoms with Crippen LogP contribution in [-0.4, -0.2) is 37.4 Å². The van der Waals surface area contributed by atoms with E-state index >= 15 is 0 Å². The third-order valence-electron chi connectivity index (χ3n) is 2.47. The van der Waals surface area contributed by atoms with Crippen LogP contribution in [0.1, 0.15) is 17.3 Å². The zero-order valence-corrected chi connectivity index (χ0v) is 12.0. The van der Waals surface area contributed by atoms with Crippen molar-refractivity contribution in [2.24, 2.45) is 0 Å². The Labute approximate surface area is 124 Å². The van der Waals surface area contributed by atoms with Gasteiger partial charge in [0.25, 0.3) is 0 Å². The standard InChI is InChI=1S/C14H13F4NO3/c1-4-22-14(21)8(6-19(2)3)13(20)7-5-9(15)11(17)12(18)10(7)16/h5-6H,4H2,1-3H3/b8-6+. The summed E-state index contributed by atoms with van der Waals surface area (Å²) in [7, 11) is 2.93. The zero-order chi connectivity index (χ0) is 17.0. The van der Waals surface area contributed by atoms with Crippen LogP contribution in [-0.2, 0) is 9.53 Å². The SMILES string of the molecule is CCOC(=O)/C(=C/N(C)C)C(=O)c1cc(F)c(F)c(F)c1F. The van der Waals surface area contributed by atoms with E-state index in [1.54, 1.807) is 0 Å². The quantitative estimate of drug-likeness (QED) is 0.122. The van der Waals surface area contributed by atoms with Crippen LogP contribution < -0.4 is 0 Å². The van der Waals surface area contributed by atoms with Gasteiger partial charge in [0, 0.05) is 20.3 Å². The number of nitrogens with zero attached hydrogens (tertiary/aromatic N) is 1. The molecule has 22 heavy (non-hydrogen) atoms. The van der Waals surface area contributed by atoms with Crippen LogP contribution in [0.5, 0.6) is 0 Å². The molecule has 0 N–H and O–H groups in total. The smallest absolute Gasteiger partial charge is 0.343 e. The molecule has 1 aromatic carbocycles. The molecule has 8 heteroatoms. The van der Waals surface area contributed by atoms with Gasteiger partial charge in [0.2, 0.25) is 5.78 Å². The summed E-state index contributed by atoms with van der Waals surface area (Å²) in [5.74, 6) is -10.2. The van der Waals surface area contributed by atoms with E-state index in [4.69, 9.17) is 0 Å². The molecule has 0 heterocycles. The number of ether oxygens (including phenoxy) is 1. The summed E-state index contributed by atoms with van der Waals surface area (Å²) in [6.07, 6.45) is 1.01. The van der Waals surface area contributed by atoms with E-state index in [9.17, 15) is 27.2 Å². The summed E-state index contributed by atoms with van der Waals surface area (Å²) in [4.78, 5) is 25.2. The van der Waals surface area contributed by atoms with Crippen LogP contribution in [0.25, 0.3) is 0 Å². The summed E-state index contributed by atoms with van der Waals surface area (Å²) < 4.78 is 57.6. The van der Waals surface area contributed by atoms with Crippen LogP contribution in [0.3, 0.4) is 0 Å². The maximum absolute atomic E-state index is 13.6. The van der Waals surface area contributed by atoms with Crippen LogP contribution in [0.4, 0.5) is 17.6 Å². The summed E-state index contributed by atoms with van der Waals surface area (Å²) >= 11 is 0. The van der Waals surface area contributed by atoms with E-state index in [0.29, 0.717) is 0 Å². The predicted molar refractivity (Wildman–Crippen MR) is 69.0 cm³/mol. The Bertz CT molecular complexity index is 641. The molecule has 0 aliphatic heterocycles. The number of hydrogen-bond donors (Lipinski definition) is 0. The van der Waals surface area contributed by atoms with E-state index in [0.717, 1.165) is 6.20 Å². The second-order valence-electron chi connectivity index (χ2n) is 4.40. The Balaban J connectivity index is 3.41. The molecule has 0 aliphatic carbocycles. The third-order valence-corrected chi connectivity index (χ3v) is 2.47. The number of halogens is 4. The van der Waals surface area contributed by atoms with Crippen molar-refractivity contribution in [2.45, 2.75) is 6.92 Å². The highest BCUT2D eigenvalue weighted by molar-refractivity contribution is 6.24. The summed E-state index contributed by atoms with van der Waals surface area (Å²) in [5, 5.41) is 0. The highest BCUT2D eigenvalue weighted by Crippen LogP contribution is 2.21. The van der Waals surface area contributed by atoms with Crippen molar-refractivity contribution in [1.82, 2.24) is 4.90 Å². The predicted octanol–water partition coefficient (Wildman–Crippen LogP) is 2.43. The minimum absolute atomic E-state index is 0.0640. The number of esters is 1. The lowest BCUT2D eigenvalue weighted by Gasteiger charge is -2.11. The van der Waals surface area contributed by atoms with Gasteiger partial charge in [-0.2, -0.15) is 0 Å². The van der Waals surface area contributed by atoms with Gasteiger partial charge < -0.3 is 9.64 Å². The van der Waals surface area contributed by atoms with E-state index in [1.165, 1.54) is 25.9 Å². The van der Waals surface area contributed by atoms with Crippen molar-refractivity contribution in [3.63, 3.8) is 0 Å². The molecule has 0 bridgehead atoms. The summed E-state index contributed by atoms with van der Waals surface area (Å²) in [6, 6.07) is 0.193. The van der Waals surface area contributed by atoms with E-state index in [1.807, 2.05) is 0 Å². The maximum atomic E-state index is 13.6. The number of carbonyl (C=O) groups is 2. The Hall–Kier alpha value is -2.38. The van der Waals surface area contributed by atoms with Crippen molar-refractivity contribution < 1.29 is 31.9 Å². The van der Waals surface area contributed by atoms with E-state index < -0.39 is 46.2 Å². The third kappa shape index (κ3) is 3.63. The number of hydrogen-bond acceptors (Lipinski definition) is 4. The molecular weight excluding hydrogens is 306 g/mol. The molecule has 0 unspecified atom stereocenters. The molecule has 0 atom stereocenters. The fourth-order valence-corrected chi connectivity index (χ4v) is 1.55. The average Bonchev–Trinajstić information content (AvgIpc) is 2.45. The van der Waals surface area contributed by atoms with Crippen LogP contribution >= 0.6 is 0 Å². The second kappa shape index (κ2) is 7.06. The summed E-state index contributed by atoms with van der Waals surface area (Å²) in [6.45, 7) is 1.42. The van der Waals surface area contributed by atoms with Gasteiger partial charge in [0.1, 0.15) is 5.57 Å². The molecule has 0 saturated heterocycles. The molecule has 0 spiro atoms. The van der Waals surface area contributed by atoms with Crippen LogP contribution in [0, 0.1) is 23.3 Å². The zero-order valence-electron chi connectivity index (χ0n) is 12.0. The largest absolute Gasteiger partial charge is 0.462 e. The normalized spacial score (nSPS) is 11.3. The average molecular weight is 319 g/mol. The van der Waals surface area contributed by atoms with Gasteiger partial charge >= 0.3 is 5.97 Å². The molecule has 4 nitrogen and oxygen atoms in total. The highest BCUT2D eigenvalue weighted by Gasteiger charge is 2.28. The lowest BCUT2D eigenvalue weighted by molar-refractivity contribution is -0.138. The van der Waals surface area contributed by atoms with Gasteiger partial charge in [-0.1, -0.05) is 0 Å². The first-order valence-corrected chi connectivity index (χ1v) is 6.13. The van der Waals surface area contributed by atoms with Gasteiger partial charge in [-0.15, -0.1) is 0 Å². The first-order chi connectivity index (χ1) is 10.2. The lowest BCUT2D eigenvalue weighted by Crippen LogP contribution is -2.21. The number of benzene rings is 1. The molecule has 1 rings (SSSR count). The van der Waals surface area contributed by atoms with Crippen LogP contribution in [0.15, 0.2) is 17.8 Å². The van der Waals surface area contributed by atoms with Crippen molar-refractivity contribution in [3.05, 3.63) is 46.7 Å². The van der Waals surface area contributed by atoms with Crippen molar-refractivity contribution in [2.75, 3.05) is 20.7 Å². The first kappa shape index (κ1) is 17.7. The van der Waals surface area contributed by atoms with Crippen LogP contribution in [0.2, 0.25) is 0 Å². The number of rotatable bonds is 5. The van der Waals surface area contributed by atoms with Crippen molar-refractivity contribution >= 4 is 11.8 Å². The minimum atomic E-state index is -2.13. The van der Waals surface area contributed by atoms with Crippen molar-refractivity contribution in [1.29, 1.82) is 0 Å². The van der Waals surface area contributed by atoms with Gasteiger partial charge in [0.15, 0.2) is 23.3 Å². The fourth-order valence-electron chi connectivity index (χ4n) is 1.55. The monoisotopic (exact) mass is 319 g/mol. The molecule has 0 aromatic heterocycles. The van der Waals surface area contributed by atoms with Gasteiger partial charge in [0.05, 0.1) is 12.2 Å². The van der Waals surface area contributed by atoms with Gasteiger partial charge in [-0.25, -0.2) is 22.4 Å². The fraction of sp³-hybridized carbons (Fsp3) is 0.286. The number of carbonyl (C=O) groups excluding carboxylic acids is 2. The number of Topliss-reactive ketones (excluding diaryl/α,β-unsaturated/α-hetero) is 1. The molecule has 0 aliphatic rings. The molecule has 120 valence electrons. The maximum Gasteiger partial charge on any atom is 0.343 e. The molecule has 1 aromatic rings. The second-order valence-corrected chi connectivity index (χ2v) is 4.40. The summed E-state index contributed by atoms with van der Waals surface area (Å²) in [5.41, 5.74) is -1.74.